The SMILES string of the molecule is CC.Cc1cc(F)cc(NCC(F)F)c1. The largest absolute Gasteiger partial charge is 0.379 e. The Kier molecular flexibility index (Phi) is 6.58. The summed E-state index contributed by atoms with van der Waals surface area (Å²) in [4.78, 5) is 0. The van der Waals surface area contributed by atoms with E-state index in [-0.39, 0.29) is 0 Å². The second-order valence-corrected chi connectivity index (χ2v) is 2.79. The Balaban J connectivity index is 0.000000921. The Morgan fingerprint density at radius 1 is 1.20 bits per heavy atom. The van der Waals surface area contributed by atoms with E-state index in [9.17, 15) is 13.2 Å². The van der Waals surface area contributed by atoms with E-state index in [2.05, 4.69) is 5.32 Å². The van der Waals surface area contributed by atoms with Crippen LogP contribution in [0.25, 0.3) is 0 Å². The third kappa shape index (κ3) is 5.99. The van der Waals surface area contributed by atoms with Gasteiger partial charge in [-0.3, -0.25) is 0 Å². The number of rotatable bonds is 3. The van der Waals surface area contributed by atoms with Crippen molar-refractivity contribution in [3.8, 4) is 0 Å². The molecule has 0 unspecified atom stereocenters. The van der Waals surface area contributed by atoms with Crippen LogP contribution in [-0.2, 0) is 0 Å². The van der Waals surface area contributed by atoms with Crippen molar-refractivity contribution in [2.24, 2.45) is 0 Å². The maximum absolute atomic E-state index is 12.7. The number of halogens is 3. The molecule has 1 nitrogen and oxygen atoms in total. The molecule has 0 fully saturated rings. The van der Waals surface area contributed by atoms with Gasteiger partial charge in [-0.1, -0.05) is 13.8 Å². The molecule has 15 heavy (non-hydrogen) atoms. The fourth-order valence-electron chi connectivity index (χ4n) is 1.03. The average Bonchev–Trinajstić information content (AvgIpc) is 2.16. The molecule has 1 aromatic rings. The van der Waals surface area contributed by atoms with Crippen molar-refractivity contribution in [2.45, 2.75) is 27.2 Å². The molecule has 0 saturated carbocycles. The van der Waals surface area contributed by atoms with Gasteiger partial charge in [0.25, 0.3) is 6.43 Å². The van der Waals surface area contributed by atoms with Gasteiger partial charge in [0.15, 0.2) is 0 Å². The smallest absolute Gasteiger partial charge is 0.255 e. The van der Waals surface area contributed by atoms with E-state index in [1.165, 1.54) is 12.1 Å². The molecule has 4 heteroatoms. The maximum Gasteiger partial charge on any atom is 0.255 e. The third-order valence-electron chi connectivity index (χ3n) is 1.50. The van der Waals surface area contributed by atoms with Crippen LogP contribution in [0.1, 0.15) is 19.4 Å². The molecule has 0 aromatic heterocycles. The van der Waals surface area contributed by atoms with Crippen molar-refractivity contribution in [1.29, 1.82) is 0 Å². The molecule has 1 N–H and O–H groups in total. The van der Waals surface area contributed by atoms with Crippen molar-refractivity contribution in [3.05, 3.63) is 29.6 Å². The molecule has 0 saturated heterocycles. The Morgan fingerprint density at radius 3 is 2.27 bits per heavy atom. The molecular formula is C11H16F3N. The summed E-state index contributed by atoms with van der Waals surface area (Å²) in [5.74, 6) is -0.420. The van der Waals surface area contributed by atoms with Crippen LogP contribution in [0.5, 0.6) is 0 Å². The van der Waals surface area contributed by atoms with E-state index >= 15 is 0 Å². The Morgan fingerprint density at radius 2 is 1.80 bits per heavy atom. The lowest BCUT2D eigenvalue weighted by molar-refractivity contribution is 0.163. The van der Waals surface area contributed by atoms with Gasteiger partial charge in [0.05, 0.1) is 6.54 Å². The number of alkyl halides is 2. The van der Waals surface area contributed by atoms with Crippen LogP contribution in [0.3, 0.4) is 0 Å². The zero-order valence-corrected chi connectivity index (χ0v) is 9.15. The predicted octanol–water partition coefficient (Wildman–Crippen LogP) is 3.84. The Hall–Kier alpha value is -1.19. The molecule has 0 radical (unpaired) electrons. The van der Waals surface area contributed by atoms with E-state index in [0.717, 1.165) is 0 Å². The highest BCUT2D eigenvalue weighted by molar-refractivity contribution is 5.45. The summed E-state index contributed by atoms with van der Waals surface area (Å²) in [6.07, 6.45) is -2.43. The highest BCUT2D eigenvalue weighted by Crippen LogP contribution is 2.13. The molecule has 0 spiro atoms. The van der Waals surface area contributed by atoms with Crippen LogP contribution in [0.15, 0.2) is 18.2 Å². The number of anilines is 1. The fraction of sp³-hybridized carbons (Fsp3) is 0.455. The summed E-state index contributed by atoms with van der Waals surface area (Å²) >= 11 is 0. The predicted molar refractivity (Wildman–Crippen MR) is 57.0 cm³/mol. The van der Waals surface area contributed by atoms with Crippen molar-refractivity contribution >= 4 is 5.69 Å². The highest BCUT2D eigenvalue weighted by atomic mass is 19.3. The summed E-state index contributed by atoms with van der Waals surface area (Å²) in [5.41, 5.74) is 1.09. The van der Waals surface area contributed by atoms with Gasteiger partial charge in [0.1, 0.15) is 5.82 Å². The number of nitrogens with one attached hydrogen (secondary N) is 1. The van der Waals surface area contributed by atoms with Gasteiger partial charge in [-0.05, 0) is 30.7 Å². The minimum absolute atomic E-state index is 0.387. The molecule has 1 rings (SSSR count). The summed E-state index contributed by atoms with van der Waals surface area (Å²) in [7, 11) is 0. The van der Waals surface area contributed by atoms with Gasteiger partial charge in [0, 0.05) is 5.69 Å². The topological polar surface area (TPSA) is 12.0 Å². The highest BCUT2D eigenvalue weighted by Gasteiger charge is 2.02. The van der Waals surface area contributed by atoms with E-state index in [4.69, 9.17) is 0 Å². The summed E-state index contributed by atoms with van der Waals surface area (Å²) in [6, 6.07) is 4.15. The normalized spacial score (nSPS) is 9.53. The first-order valence-corrected chi connectivity index (χ1v) is 4.87. The molecule has 0 aliphatic carbocycles. The second-order valence-electron chi connectivity index (χ2n) is 2.79. The first kappa shape index (κ1) is 13.8. The molecule has 0 heterocycles. The van der Waals surface area contributed by atoms with Gasteiger partial charge >= 0.3 is 0 Å². The lowest BCUT2D eigenvalue weighted by Crippen LogP contribution is -2.10. The van der Waals surface area contributed by atoms with Crippen molar-refractivity contribution in [2.75, 3.05) is 11.9 Å². The first-order chi connectivity index (χ1) is 7.08. The van der Waals surface area contributed by atoms with Crippen molar-refractivity contribution in [1.82, 2.24) is 0 Å². The molecular weight excluding hydrogens is 203 g/mol. The monoisotopic (exact) mass is 219 g/mol. The minimum Gasteiger partial charge on any atom is -0.379 e. The molecule has 1 aromatic carbocycles. The van der Waals surface area contributed by atoms with E-state index in [0.29, 0.717) is 11.3 Å². The number of hydrogen-bond acceptors (Lipinski definition) is 1. The zero-order chi connectivity index (χ0) is 11.8. The number of hydrogen-bond donors (Lipinski definition) is 1. The van der Waals surface area contributed by atoms with Gasteiger partial charge in [-0.2, -0.15) is 0 Å². The van der Waals surface area contributed by atoms with Crippen LogP contribution in [-0.4, -0.2) is 13.0 Å². The van der Waals surface area contributed by atoms with Crippen LogP contribution in [0.2, 0.25) is 0 Å². The van der Waals surface area contributed by atoms with Crippen LogP contribution in [0, 0.1) is 12.7 Å². The molecule has 0 bridgehead atoms. The van der Waals surface area contributed by atoms with E-state index in [1.54, 1.807) is 13.0 Å². The average molecular weight is 219 g/mol. The molecule has 0 aliphatic rings. The molecule has 86 valence electrons. The number of aryl methyl sites for hydroxylation is 1. The quantitative estimate of drug-likeness (QED) is 0.814. The van der Waals surface area contributed by atoms with Crippen molar-refractivity contribution in [3.63, 3.8) is 0 Å². The second kappa shape index (κ2) is 7.15. The van der Waals surface area contributed by atoms with Gasteiger partial charge in [-0.25, -0.2) is 13.2 Å². The Bertz CT molecular complexity index is 267. The Labute approximate surface area is 88.3 Å². The van der Waals surface area contributed by atoms with Crippen LogP contribution in [0.4, 0.5) is 18.9 Å². The third-order valence-corrected chi connectivity index (χ3v) is 1.50. The lowest BCUT2D eigenvalue weighted by atomic mass is 10.2. The van der Waals surface area contributed by atoms with Gasteiger partial charge < -0.3 is 5.32 Å². The van der Waals surface area contributed by atoms with Gasteiger partial charge in [-0.15, -0.1) is 0 Å². The molecule has 0 atom stereocenters. The standard InChI is InChI=1S/C9H10F3N.C2H6/c1-6-2-7(10)4-8(3-6)13-5-9(11)12;1-2/h2-4,9,13H,5H2,1H3;1-2H3. The fourth-order valence-corrected chi connectivity index (χ4v) is 1.03. The maximum atomic E-state index is 12.7. The first-order valence-electron chi connectivity index (χ1n) is 4.87. The number of benzene rings is 1. The van der Waals surface area contributed by atoms with Crippen LogP contribution < -0.4 is 5.32 Å². The van der Waals surface area contributed by atoms with E-state index < -0.39 is 18.8 Å². The van der Waals surface area contributed by atoms with Crippen LogP contribution >= 0.6 is 0 Å². The van der Waals surface area contributed by atoms with E-state index in [1.807, 2.05) is 13.8 Å². The zero-order valence-electron chi connectivity index (χ0n) is 9.15. The summed E-state index contributed by atoms with van der Waals surface area (Å²) < 4.78 is 36.3. The lowest BCUT2D eigenvalue weighted by Gasteiger charge is -2.06. The minimum atomic E-state index is -2.43. The summed E-state index contributed by atoms with van der Waals surface area (Å²) in [5, 5.41) is 2.44. The molecule has 0 aliphatic heterocycles. The molecule has 0 amide bonds. The van der Waals surface area contributed by atoms with Crippen molar-refractivity contribution < 1.29 is 13.2 Å². The summed E-state index contributed by atoms with van der Waals surface area (Å²) in [6.45, 7) is 5.25. The van der Waals surface area contributed by atoms with Gasteiger partial charge in [0.2, 0.25) is 0 Å².